The van der Waals surface area contributed by atoms with Crippen molar-refractivity contribution in [2.45, 2.75) is 53.4 Å². The van der Waals surface area contributed by atoms with Crippen LogP contribution < -0.4 is 0 Å². The quantitative estimate of drug-likeness (QED) is 0.558. The van der Waals surface area contributed by atoms with Crippen molar-refractivity contribution in [1.82, 2.24) is 0 Å². The molecule has 0 amide bonds. The minimum atomic E-state index is 0.275. The fourth-order valence-electron chi connectivity index (χ4n) is 1.21. The highest BCUT2D eigenvalue weighted by atomic mass is 16.1. The molecule has 0 aliphatic carbocycles. The van der Waals surface area contributed by atoms with Gasteiger partial charge < -0.3 is 0 Å². The first-order valence-electron chi connectivity index (χ1n) is 5.04. The predicted octanol–water partition coefficient (Wildman–Crippen LogP) is 3.43. The number of carbonyl (C=O) groups is 1. The van der Waals surface area contributed by atoms with Gasteiger partial charge in [-0.15, -0.1) is 0 Å². The van der Waals surface area contributed by atoms with Gasteiger partial charge in [-0.05, 0) is 19.3 Å². The summed E-state index contributed by atoms with van der Waals surface area (Å²) in [7, 11) is 0. The number of rotatable bonds is 6. The summed E-state index contributed by atoms with van der Waals surface area (Å²) in [5.74, 6) is 1.41. The third-order valence-electron chi connectivity index (χ3n) is 2.36. The van der Waals surface area contributed by atoms with E-state index in [4.69, 9.17) is 0 Å². The monoisotopic (exact) mass is 170 g/mol. The van der Waals surface area contributed by atoms with Crippen LogP contribution in [0, 0.1) is 11.8 Å². The maximum Gasteiger partial charge on any atom is 0.132 e. The molecule has 1 nitrogen and oxygen atoms in total. The van der Waals surface area contributed by atoms with Crippen molar-refractivity contribution in [2.24, 2.45) is 11.8 Å². The van der Waals surface area contributed by atoms with E-state index in [0.717, 1.165) is 12.3 Å². The Balaban J connectivity index is 3.25. The van der Waals surface area contributed by atoms with E-state index in [1.807, 2.05) is 6.92 Å². The number of hydrogen-bond acceptors (Lipinski definition) is 1. The summed E-state index contributed by atoms with van der Waals surface area (Å²) >= 11 is 0. The maximum atomic E-state index is 10.9. The molecule has 1 heteroatoms. The standard InChI is InChI=1S/C11H22O/c1-9(2)7-5-6-8-10(3)11(4)12/h9-10H,5-8H2,1-4H3/t10-/m0/s1. The van der Waals surface area contributed by atoms with Crippen LogP contribution >= 0.6 is 0 Å². The summed E-state index contributed by atoms with van der Waals surface area (Å²) in [5, 5.41) is 0. The van der Waals surface area contributed by atoms with Gasteiger partial charge in [0.2, 0.25) is 0 Å². The van der Waals surface area contributed by atoms with Crippen molar-refractivity contribution in [2.75, 3.05) is 0 Å². The molecule has 0 bridgehead atoms. The molecule has 0 N–H and O–H groups in total. The van der Waals surface area contributed by atoms with Crippen LogP contribution in [0.1, 0.15) is 53.4 Å². The molecule has 0 saturated heterocycles. The average Bonchev–Trinajstić information content (AvgIpc) is 1.97. The van der Waals surface area contributed by atoms with E-state index >= 15 is 0 Å². The van der Waals surface area contributed by atoms with Crippen LogP contribution in [-0.2, 0) is 4.79 Å². The van der Waals surface area contributed by atoms with Crippen molar-refractivity contribution in [3.8, 4) is 0 Å². The number of unbranched alkanes of at least 4 members (excludes halogenated alkanes) is 1. The number of hydrogen-bond donors (Lipinski definition) is 0. The van der Waals surface area contributed by atoms with Gasteiger partial charge in [0, 0.05) is 5.92 Å². The molecule has 0 radical (unpaired) electrons. The van der Waals surface area contributed by atoms with Crippen molar-refractivity contribution in [3.05, 3.63) is 0 Å². The van der Waals surface area contributed by atoms with Crippen LogP contribution in [0.3, 0.4) is 0 Å². The van der Waals surface area contributed by atoms with Gasteiger partial charge in [0.15, 0.2) is 0 Å². The number of carbonyl (C=O) groups excluding carboxylic acids is 1. The SMILES string of the molecule is CC(=O)[C@@H](C)CCCCC(C)C. The van der Waals surface area contributed by atoms with E-state index in [1.54, 1.807) is 6.92 Å². The highest BCUT2D eigenvalue weighted by Crippen LogP contribution is 2.13. The zero-order chi connectivity index (χ0) is 9.56. The molecule has 0 rings (SSSR count). The molecule has 0 unspecified atom stereocenters. The Kier molecular flexibility index (Phi) is 6.04. The van der Waals surface area contributed by atoms with Gasteiger partial charge in [-0.1, -0.05) is 40.0 Å². The third kappa shape index (κ3) is 6.38. The van der Waals surface area contributed by atoms with Gasteiger partial charge >= 0.3 is 0 Å². The van der Waals surface area contributed by atoms with Crippen LogP contribution in [0.5, 0.6) is 0 Å². The first kappa shape index (κ1) is 11.7. The predicted molar refractivity (Wildman–Crippen MR) is 53.2 cm³/mol. The lowest BCUT2D eigenvalue weighted by Crippen LogP contribution is -2.05. The molecule has 0 heterocycles. The highest BCUT2D eigenvalue weighted by molar-refractivity contribution is 5.77. The minimum absolute atomic E-state index is 0.275. The maximum absolute atomic E-state index is 10.9. The molecule has 72 valence electrons. The smallest absolute Gasteiger partial charge is 0.132 e. The molecule has 0 aromatic heterocycles. The zero-order valence-corrected chi connectivity index (χ0v) is 8.89. The van der Waals surface area contributed by atoms with Crippen molar-refractivity contribution >= 4 is 5.78 Å². The van der Waals surface area contributed by atoms with Gasteiger partial charge in [0.1, 0.15) is 5.78 Å². The van der Waals surface area contributed by atoms with Crippen LogP contribution in [0.15, 0.2) is 0 Å². The van der Waals surface area contributed by atoms with E-state index in [0.29, 0.717) is 5.78 Å². The molecule has 12 heavy (non-hydrogen) atoms. The van der Waals surface area contributed by atoms with Crippen LogP contribution in [0.25, 0.3) is 0 Å². The van der Waals surface area contributed by atoms with Gasteiger partial charge in [0.05, 0.1) is 0 Å². The number of Topliss-reactive ketones (excluding diaryl/α,β-unsaturated/α-hetero) is 1. The van der Waals surface area contributed by atoms with Crippen LogP contribution in [0.4, 0.5) is 0 Å². The number of ketones is 1. The minimum Gasteiger partial charge on any atom is -0.300 e. The van der Waals surface area contributed by atoms with E-state index in [-0.39, 0.29) is 5.92 Å². The Morgan fingerprint density at radius 2 is 1.58 bits per heavy atom. The van der Waals surface area contributed by atoms with Gasteiger partial charge in [-0.25, -0.2) is 0 Å². The lowest BCUT2D eigenvalue weighted by molar-refractivity contribution is -0.120. The third-order valence-corrected chi connectivity index (χ3v) is 2.36. The molecule has 0 fully saturated rings. The summed E-state index contributed by atoms with van der Waals surface area (Å²) < 4.78 is 0. The first-order chi connectivity index (χ1) is 5.54. The van der Waals surface area contributed by atoms with Crippen molar-refractivity contribution < 1.29 is 4.79 Å². The van der Waals surface area contributed by atoms with Crippen LogP contribution in [0.2, 0.25) is 0 Å². The Bertz CT molecular complexity index is 127. The molecular formula is C11H22O. The Hall–Kier alpha value is -0.330. The first-order valence-corrected chi connectivity index (χ1v) is 5.04. The topological polar surface area (TPSA) is 17.1 Å². The Morgan fingerprint density at radius 3 is 2.00 bits per heavy atom. The van der Waals surface area contributed by atoms with Crippen molar-refractivity contribution in [3.63, 3.8) is 0 Å². The lowest BCUT2D eigenvalue weighted by Gasteiger charge is -2.07. The van der Waals surface area contributed by atoms with E-state index in [9.17, 15) is 4.79 Å². The molecule has 0 spiro atoms. The zero-order valence-electron chi connectivity index (χ0n) is 8.89. The Labute approximate surface area is 76.6 Å². The summed E-state index contributed by atoms with van der Waals surface area (Å²) in [6.45, 7) is 8.20. The van der Waals surface area contributed by atoms with Gasteiger partial charge in [0.25, 0.3) is 0 Å². The molecule has 0 aromatic carbocycles. The van der Waals surface area contributed by atoms with E-state index in [1.165, 1.54) is 19.3 Å². The summed E-state index contributed by atoms with van der Waals surface area (Å²) in [6.07, 6.45) is 4.85. The van der Waals surface area contributed by atoms with Crippen molar-refractivity contribution in [1.29, 1.82) is 0 Å². The molecular weight excluding hydrogens is 148 g/mol. The molecule has 0 aromatic rings. The average molecular weight is 170 g/mol. The highest BCUT2D eigenvalue weighted by Gasteiger charge is 2.06. The van der Waals surface area contributed by atoms with Gasteiger partial charge in [-0.3, -0.25) is 4.79 Å². The summed E-state index contributed by atoms with van der Waals surface area (Å²) in [5.41, 5.74) is 0. The fraction of sp³-hybridized carbons (Fsp3) is 0.909. The summed E-state index contributed by atoms with van der Waals surface area (Å²) in [6, 6.07) is 0. The molecule has 0 aliphatic heterocycles. The molecule has 1 atom stereocenters. The van der Waals surface area contributed by atoms with E-state index < -0.39 is 0 Å². The second-order valence-electron chi connectivity index (χ2n) is 4.19. The summed E-state index contributed by atoms with van der Waals surface area (Å²) in [4.78, 5) is 10.9. The van der Waals surface area contributed by atoms with Gasteiger partial charge in [-0.2, -0.15) is 0 Å². The largest absolute Gasteiger partial charge is 0.300 e. The second kappa shape index (κ2) is 6.22. The molecule has 0 saturated carbocycles. The van der Waals surface area contributed by atoms with Crippen LogP contribution in [-0.4, -0.2) is 5.78 Å². The lowest BCUT2D eigenvalue weighted by atomic mass is 9.98. The fourth-order valence-corrected chi connectivity index (χ4v) is 1.21. The normalized spacial score (nSPS) is 13.4. The van der Waals surface area contributed by atoms with E-state index in [2.05, 4.69) is 13.8 Å². The molecule has 0 aliphatic rings. The Morgan fingerprint density at radius 1 is 1.08 bits per heavy atom. The second-order valence-corrected chi connectivity index (χ2v) is 4.19.